The number of hydrogen-bond acceptors (Lipinski definition) is 4. The molecule has 1 aromatic rings. The van der Waals surface area contributed by atoms with Crippen LogP contribution in [0.25, 0.3) is 0 Å². The monoisotopic (exact) mass is 322 g/mol. The van der Waals surface area contributed by atoms with Gasteiger partial charge in [-0.1, -0.05) is 33.6 Å². The molecule has 0 bridgehead atoms. The number of hydrogen-bond donors (Lipinski definition) is 4. The second-order valence-corrected chi connectivity index (χ2v) is 6.58. The van der Waals surface area contributed by atoms with E-state index in [4.69, 9.17) is 22.9 Å². The second kappa shape index (κ2) is 8.64. The maximum atomic E-state index is 10.6. The van der Waals surface area contributed by atoms with Crippen LogP contribution >= 0.6 is 0 Å². The zero-order valence-electron chi connectivity index (χ0n) is 14.6. The summed E-state index contributed by atoms with van der Waals surface area (Å²) in [6.07, 6.45) is 3.52. The molecule has 0 radical (unpaired) electrons. The largest absolute Gasteiger partial charge is 0.366 e. The van der Waals surface area contributed by atoms with Gasteiger partial charge in [-0.2, -0.15) is 0 Å². The van der Waals surface area contributed by atoms with Gasteiger partial charge in [0.25, 0.3) is 0 Å². The van der Waals surface area contributed by atoms with Crippen LogP contribution in [0.15, 0.2) is 24.3 Å². The Hall–Kier alpha value is -1.92. The number of unbranched alkanes of at least 4 members (excludes halogenated alkanes) is 1. The third-order valence-corrected chi connectivity index (χ3v) is 4.07. The summed E-state index contributed by atoms with van der Waals surface area (Å²) in [6, 6.07) is 5.84. The molecule has 0 atom stereocenters. The van der Waals surface area contributed by atoms with Crippen LogP contribution in [0.2, 0.25) is 0 Å². The van der Waals surface area contributed by atoms with Gasteiger partial charge in [0.2, 0.25) is 11.8 Å². The molecule has 8 N–H and O–H groups in total. The van der Waals surface area contributed by atoms with Crippen LogP contribution in [-0.2, 0) is 0 Å². The summed E-state index contributed by atoms with van der Waals surface area (Å²) in [5.74, 6) is -1.04. The smallest absolute Gasteiger partial charge is 0.248 e. The molecule has 0 saturated heterocycles. The molecule has 0 aliphatic heterocycles. The Balaban J connectivity index is 0.000000423. The van der Waals surface area contributed by atoms with E-state index in [0.717, 1.165) is 6.42 Å². The lowest BCUT2D eigenvalue weighted by molar-refractivity contribution is 0.0988. The number of benzene rings is 1. The Kier molecular flexibility index (Phi) is 7.92. The Bertz CT molecular complexity index is 483. The molecule has 23 heavy (non-hydrogen) atoms. The van der Waals surface area contributed by atoms with Crippen molar-refractivity contribution in [1.29, 1.82) is 0 Å². The van der Waals surface area contributed by atoms with Crippen molar-refractivity contribution in [2.24, 2.45) is 28.3 Å². The van der Waals surface area contributed by atoms with E-state index >= 15 is 0 Å². The standard InChI is InChI=1S/C9H22N2.C8H8N2O2/c1-5-6-7-8(2,3)9(4,10)11;9-7(11)5-1-2-6(4-3-5)8(10)12/h5-7,10-11H2,1-4H3;1-4H,(H2,9,11)(H2,10,12). The molecule has 0 saturated carbocycles. The summed E-state index contributed by atoms with van der Waals surface area (Å²) in [5, 5.41) is 0. The first-order valence-corrected chi connectivity index (χ1v) is 7.69. The van der Waals surface area contributed by atoms with Crippen LogP contribution in [0.3, 0.4) is 0 Å². The van der Waals surface area contributed by atoms with Crippen LogP contribution < -0.4 is 22.9 Å². The van der Waals surface area contributed by atoms with Gasteiger partial charge in [-0.25, -0.2) is 0 Å². The third kappa shape index (κ3) is 7.25. The molecule has 1 rings (SSSR count). The number of carbonyl (C=O) groups excluding carboxylic acids is 2. The summed E-state index contributed by atoms with van der Waals surface area (Å²) >= 11 is 0. The van der Waals surface area contributed by atoms with Crippen LogP contribution in [0.4, 0.5) is 0 Å². The fraction of sp³-hybridized carbons (Fsp3) is 0.529. The Morgan fingerprint density at radius 2 is 1.26 bits per heavy atom. The highest BCUT2D eigenvalue weighted by atomic mass is 16.1. The summed E-state index contributed by atoms with van der Waals surface area (Å²) in [6.45, 7) is 8.33. The Labute approximate surface area is 138 Å². The molecule has 0 fully saturated rings. The zero-order valence-corrected chi connectivity index (χ0v) is 14.6. The molecule has 0 aliphatic carbocycles. The summed E-state index contributed by atoms with van der Waals surface area (Å²) in [4.78, 5) is 21.2. The van der Waals surface area contributed by atoms with Crippen molar-refractivity contribution < 1.29 is 9.59 Å². The second-order valence-electron chi connectivity index (χ2n) is 6.58. The molecular formula is C17H30N4O2. The van der Waals surface area contributed by atoms with Gasteiger partial charge in [0.15, 0.2) is 0 Å². The first-order chi connectivity index (χ1) is 10.4. The van der Waals surface area contributed by atoms with Crippen molar-refractivity contribution in [2.45, 2.75) is 52.6 Å². The van der Waals surface area contributed by atoms with Gasteiger partial charge in [-0.3, -0.25) is 9.59 Å². The summed E-state index contributed by atoms with van der Waals surface area (Å²) in [7, 11) is 0. The third-order valence-electron chi connectivity index (χ3n) is 4.07. The maximum absolute atomic E-state index is 10.6. The lowest BCUT2D eigenvalue weighted by Gasteiger charge is -2.38. The van der Waals surface area contributed by atoms with Gasteiger partial charge in [-0.05, 0) is 43.0 Å². The van der Waals surface area contributed by atoms with Crippen LogP contribution in [0.1, 0.15) is 67.7 Å². The van der Waals surface area contributed by atoms with Gasteiger partial charge < -0.3 is 22.9 Å². The van der Waals surface area contributed by atoms with Gasteiger partial charge in [-0.15, -0.1) is 0 Å². The van der Waals surface area contributed by atoms with Crippen LogP contribution in [-0.4, -0.2) is 17.5 Å². The van der Waals surface area contributed by atoms with E-state index in [1.54, 1.807) is 0 Å². The first kappa shape index (κ1) is 21.1. The number of nitrogens with two attached hydrogens (primary N) is 4. The SMILES string of the molecule is CCCCC(C)(C)C(C)(N)N.NC(=O)c1ccc(C(N)=O)cc1. The molecule has 0 aromatic heterocycles. The van der Waals surface area contributed by atoms with E-state index in [0.29, 0.717) is 11.1 Å². The average Bonchev–Trinajstić information content (AvgIpc) is 2.44. The van der Waals surface area contributed by atoms with E-state index in [9.17, 15) is 9.59 Å². The number of rotatable bonds is 6. The molecule has 130 valence electrons. The van der Waals surface area contributed by atoms with Gasteiger partial charge in [0, 0.05) is 11.1 Å². The molecule has 0 spiro atoms. The van der Waals surface area contributed by atoms with E-state index in [1.807, 2.05) is 6.92 Å². The highest BCUT2D eigenvalue weighted by molar-refractivity contribution is 5.96. The van der Waals surface area contributed by atoms with Crippen molar-refractivity contribution in [3.05, 3.63) is 35.4 Å². The number of primary amides is 2. The molecule has 1 aromatic carbocycles. The quantitative estimate of drug-likeness (QED) is 0.592. The predicted octanol–water partition coefficient (Wildman–Crippen LogP) is 1.72. The van der Waals surface area contributed by atoms with Crippen molar-refractivity contribution in [2.75, 3.05) is 0 Å². The Morgan fingerprint density at radius 1 is 0.913 bits per heavy atom. The lowest BCUT2D eigenvalue weighted by Crippen LogP contribution is -2.57. The average molecular weight is 322 g/mol. The molecule has 0 unspecified atom stereocenters. The minimum atomic E-state index is -0.553. The first-order valence-electron chi connectivity index (χ1n) is 7.69. The van der Waals surface area contributed by atoms with E-state index < -0.39 is 17.5 Å². The van der Waals surface area contributed by atoms with E-state index in [2.05, 4.69) is 20.8 Å². The van der Waals surface area contributed by atoms with Gasteiger partial charge >= 0.3 is 0 Å². The molecular weight excluding hydrogens is 292 g/mol. The van der Waals surface area contributed by atoms with E-state index in [-0.39, 0.29) is 5.41 Å². The summed E-state index contributed by atoms with van der Waals surface area (Å²) < 4.78 is 0. The topological polar surface area (TPSA) is 138 Å². The molecule has 2 amide bonds. The zero-order chi connectivity index (χ0) is 18.3. The maximum Gasteiger partial charge on any atom is 0.248 e. The highest BCUT2D eigenvalue weighted by Gasteiger charge is 2.32. The normalized spacial score (nSPS) is 11.4. The van der Waals surface area contributed by atoms with Crippen LogP contribution in [0, 0.1) is 5.41 Å². The van der Waals surface area contributed by atoms with Crippen molar-refractivity contribution in [3.8, 4) is 0 Å². The van der Waals surface area contributed by atoms with Crippen LogP contribution in [0.5, 0.6) is 0 Å². The lowest BCUT2D eigenvalue weighted by atomic mass is 9.77. The molecule has 0 heterocycles. The highest BCUT2D eigenvalue weighted by Crippen LogP contribution is 2.30. The molecule has 0 aliphatic rings. The molecule has 6 heteroatoms. The Morgan fingerprint density at radius 3 is 1.48 bits per heavy atom. The predicted molar refractivity (Wildman–Crippen MR) is 93.6 cm³/mol. The number of carbonyl (C=O) groups is 2. The minimum absolute atomic E-state index is 0.0447. The van der Waals surface area contributed by atoms with Crippen molar-refractivity contribution in [1.82, 2.24) is 0 Å². The van der Waals surface area contributed by atoms with Gasteiger partial charge in [0.1, 0.15) is 0 Å². The van der Waals surface area contributed by atoms with Gasteiger partial charge in [0.05, 0.1) is 5.66 Å². The molecule has 6 nitrogen and oxygen atoms in total. The van der Waals surface area contributed by atoms with Crippen molar-refractivity contribution in [3.63, 3.8) is 0 Å². The van der Waals surface area contributed by atoms with E-state index in [1.165, 1.54) is 37.1 Å². The fourth-order valence-electron chi connectivity index (χ4n) is 1.69. The fourth-order valence-corrected chi connectivity index (χ4v) is 1.69. The minimum Gasteiger partial charge on any atom is -0.366 e. The summed E-state index contributed by atoms with van der Waals surface area (Å²) in [5.41, 5.74) is 21.8. The number of amides is 2. The van der Waals surface area contributed by atoms with Crippen molar-refractivity contribution >= 4 is 11.8 Å².